The predicted octanol–water partition coefficient (Wildman–Crippen LogP) is 4.97. The van der Waals surface area contributed by atoms with Crippen LogP contribution >= 0.6 is 11.3 Å². The van der Waals surface area contributed by atoms with Crippen LogP contribution in [0.2, 0.25) is 0 Å². The van der Waals surface area contributed by atoms with Gasteiger partial charge in [0.15, 0.2) is 11.5 Å². The number of nitrogens with zero attached hydrogens (tertiary/aromatic N) is 3. The zero-order valence-electron chi connectivity index (χ0n) is 12.2. The fourth-order valence-corrected chi connectivity index (χ4v) is 4.20. The molecule has 3 nitrogen and oxygen atoms in total. The highest BCUT2D eigenvalue weighted by molar-refractivity contribution is 7.15. The van der Waals surface area contributed by atoms with Gasteiger partial charge < -0.3 is 4.57 Å². The van der Waals surface area contributed by atoms with Crippen molar-refractivity contribution in [3.8, 4) is 10.7 Å². The Morgan fingerprint density at radius 1 is 1.14 bits per heavy atom. The van der Waals surface area contributed by atoms with Crippen LogP contribution in [-0.4, -0.2) is 14.5 Å². The molecule has 108 valence electrons. The van der Waals surface area contributed by atoms with Crippen LogP contribution in [0.5, 0.6) is 0 Å². The van der Waals surface area contributed by atoms with Gasteiger partial charge in [0.2, 0.25) is 0 Å². The topological polar surface area (TPSA) is 30.7 Å². The van der Waals surface area contributed by atoms with Crippen molar-refractivity contribution >= 4 is 22.5 Å². The lowest BCUT2D eigenvalue weighted by Gasteiger charge is -2.24. The van der Waals surface area contributed by atoms with Crippen LogP contribution in [0.3, 0.4) is 0 Å². The Bertz CT molecular complexity index is 765. The molecular formula is C17H19N3S. The number of thiophene rings is 1. The van der Waals surface area contributed by atoms with Crippen molar-refractivity contribution in [1.82, 2.24) is 14.5 Å². The molecule has 1 aliphatic carbocycles. The number of fused-ring (bicyclic) bond motifs is 1. The first-order valence-corrected chi connectivity index (χ1v) is 8.54. The summed E-state index contributed by atoms with van der Waals surface area (Å²) in [7, 11) is 0. The van der Waals surface area contributed by atoms with E-state index in [1.54, 1.807) is 0 Å². The Balaban J connectivity index is 1.92. The van der Waals surface area contributed by atoms with E-state index in [9.17, 15) is 0 Å². The van der Waals surface area contributed by atoms with E-state index in [1.807, 2.05) is 23.6 Å². The van der Waals surface area contributed by atoms with Crippen molar-refractivity contribution in [2.45, 2.75) is 45.1 Å². The van der Waals surface area contributed by atoms with E-state index in [0.717, 1.165) is 17.0 Å². The molecule has 3 aromatic rings. The van der Waals surface area contributed by atoms with Crippen LogP contribution < -0.4 is 0 Å². The Kier molecular flexibility index (Phi) is 3.26. The number of aryl methyl sites for hydroxylation is 1. The van der Waals surface area contributed by atoms with Crippen molar-refractivity contribution < 1.29 is 0 Å². The lowest BCUT2D eigenvalue weighted by atomic mass is 9.95. The van der Waals surface area contributed by atoms with Crippen molar-refractivity contribution in [2.75, 3.05) is 0 Å². The standard InChI is InChI=1S/C17H19N3S/c1-12-9-10-15(21-12)17-19-14-8-5-11-18-16(14)20(17)13-6-3-2-4-7-13/h5,8-11,13H,2-4,6-7H2,1H3. The number of aromatic nitrogens is 3. The van der Waals surface area contributed by atoms with Gasteiger partial charge in [0, 0.05) is 17.1 Å². The van der Waals surface area contributed by atoms with E-state index < -0.39 is 0 Å². The summed E-state index contributed by atoms with van der Waals surface area (Å²) in [5, 5.41) is 0. The van der Waals surface area contributed by atoms with Gasteiger partial charge in [-0.15, -0.1) is 11.3 Å². The highest BCUT2D eigenvalue weighted by atomic mass is 32.1. The van der Waals surface area contributed by atoms with Gasteiger partial charge >= 0.3 is 0 Å². The molecule has 3 aromatic heterocycles. The minimum atomic E-state index is 0.552. The van der Waals surface area contributed by atoms with E-state index in [0.29, 0.717) is 6.04 Å². The summed E-state index contributed by atoms with van der Waals surface area (Å²) in [6, 6.07) is 8.98. The Morgan fingerprint density at radius 2 is 2.00 bits per heavy atom. The number of rotatable bonds is 2. The molecule has 1 saturated carbocycles. The second-order valence-corrected chi connectivity index (χ2v) is 7.14. The average Bonchev–Trinajstić information content (AvgIpc) is 3.11. The molecule has 0 atom stereocenters. The van der Waals surface area contributed by atoms with Crippen LogP contribution in [0.4, 0.5) is 0 Å². The first kappa shape index (κ1) is 13.0. The zero-order valence-corrected chi connectivity index (χ0v) is 13.1. The van der Waals surface area contributed by atoms with E-state index >= 15 is 0 Å². The molecule has 21 heavy (non-hydrogen) atoms. The van der Waals surface area contributed by atoms with Gasteiger partial charge in [-0.05, 0) is 44.0 Å². The maximum absolute atomic E-state index is 4.88. The van der Waals surface area contributed by atoms with Crippen LogP contribution in [0, 0.1) is 6.92 Å². The third-order valence-corrected chi connectivity index (χ3v) is 5.35. The van der Waals surface area contributed by atoms with Crippen LogP contribution in [0.25, 0.3) is 21.9 Å². The monoisotopic (exact) mass is 297 g/mol. The molecule has 1 aliphatic rings. The molecule has 0 spiro atoms. The van der Waals surface area contributed by atoms with Gasteiger partial charge in [-0.25, -0.2) is 9.97 Å². The van der Waals surface area contributed by atoms with Crippen molar-refractivity contribution in [3.05, 3.63) is 35.3 Å². The molecule has 0 unspecified atom stereocenters. The molecule has 0 bridgehead atoms. The highest BCUT2D eigenvalue weighted by Gasteiger charge is 2.23. The fourth-order valence-electron chi connectivity index (χ4n) is 3.34. The predicted molar refractivity (Wildman–Crippen MR) is 87.7 cm³/mol. The van der Waals surface area contributed by atoms with E-state index in [-0.39, 0.29) is 0 Å². The van der Waals surface area contributed by atoms with Gasteiger partial charge in [-0.3, -0.25) is 0 Å². The van der Waals surface area contributed by atoms with E-state index in [2.05, 4.69) is 34.7 Å². The van der Waals surface area contributed by atoms with Gasteiger partial charge in [-0.1, -0.05) is 19.3 Å². The van der Waals surface area contributed by atoms with Crippen molar-refractivity contribution in [1.29, 1.82) is 0 Å². The Morgan fingerprint density at radius 3 is 2.76 bits per heavy atom. The van der Waals surface area contributed by atoms with Crippen LogP contribution in [0.1, 0.15) is 43.0 Å². The molecular weight excluding hydrogens is 278 g/mol. The minimum absolute atomic E-state index is 0.552. The number of pyridine rings is 1. The van der Waals surface area contributed by atoms with E-state index in [1.165, 1.54) is 41.9 Å². The molecule has 0 aliphatic heterocycles. The first-order chi connectivity index (χ1) is 10.3. The summed E-state index contributed by atoms with van der Waals surface area (Å²) in [4.78, 5) is 12.1. The van der Waals surface area contributed by atoms with Crippen molar-refractivity contribution in [2.24, 2.45) is 0 Å². The number of imidazole rings is 1. The minimum Gasteiger partial charge on any atom is -0.305 e. The third kappa shape index (κ3) is 2.27. The smallest absolute Gasteiger partial charge is 0.160 e. The molecule has 4 heteroatoms. The average molecular weight is 297 g/mol. The van der Waals surface area contributed by atoms with Gasteiger partial charge in [-0.2, -0.15) is 0 Å². The largest absolute Gasteiger partial charge is 0.305 e. The van der Waals surface area contributed by atoms with Gasteiger partial charge in [0.05, 0.1) is 4.88 Å². The molecule has 0 saturated heterocycles. The second kappa shape index (κ2) is 5.26. The molecule has 1 fully saturated rings. The van der Waals surface area contributed by atoms with Crippen molar-refractivity contribution in [3.63, 3.8) is 0 Å². The number of hydrogen-bond donors (Lipinski definition) is 0. The summed E-state index contributed by atoms with van der Waals surface area (Å²) in [5.74, 6) is 1.11. The molecule has 0 radical (unpaired) electrons. The lowest BCUT2D eigenvalue weighted by molar-refractivity contribution is 0.361. The zero-order chi connectivity index (χ0) is 14.2. The second-order valence-electron chi connectivity index (χ2n) is 5.85. The number of hydrogen-bond acceptors (Lipinski definition) is 3. The molecule has 0 amide bonds. The van der Waals surface area contributed by atoms with Gasteiger partial charge in [0.1, 0.15) is 5.52 Å². The summed E-state index contributed by atoms with van der Waals surface area (Å²) in [6.45, 7) is 2.15. The summed E-state index contributed by atoms with van der Waals surface area (Å²) in [6.07, 6.45) is 8.38. The first-order valence-electron chi connectivity index (χ1n) is 7.73. The maximum atomic E-state index is 4.88. The third-order valence-electron chi connectivity index (χ3n) is 4.35. The Hall–Kier alpha value is -1.68. The molecule has 3 heterocycles. The summed E-state index contributed by atoms with van der Waals surface area (Å²) >= 11 is 1.82. The lowest BCUT2D eigenvalue weighted by Crippen LogP contribution is -2.14. The maximum Gasteiger partial charge on any atom is 0.160 e. The highest BCUT2D eigenvalue weighted by Crippen LogP contribution is 2.37. The Labute approximate surface area is 128 Å². The molecule has 0 aromatic carbocycles. The summed E-state index contributed by atoms with van der Waals surface area (Å²) in [5.41, 5.74) is 2.06. The van der Waals surface area contributed by atoms with E-state index in [4.69, 9.17) is 4.98 Å². The van der Waals surface area contributed by atoms with Gasteiger partial charge in [0.25, 0.3) is 0 Å². The summed E-state index contributed by atoms with van der Waals surface area (Å²) < 4.78 is 2.40. The molecule has 4 rings (SSSR count). The fraction of sp³-hybridized carbons (Fsp3) is 0.412. The SMILES string of the molecule is Cc1ccc(-c2nc3cccnc3n2C2CCCCC2)s1. The van der Waals surface area contributed by atoms with Crippen LogP contribution in [-0.2, 0) is 0 Å². The normalized spacial score (nSPS) is 16.6. The quantitative estimate of drug-likeness (QED) is 0.668. The van der Waals surface area contributed by atoms with Crippen LogP contribution in [0.15, 0.2) is 30.5 Å². The molecule has 0 N–H and O–H groups in total.